The molecule has 1 amide bonds. The van der Waals surface area contributed by atoms with E-state index in [4.69, 9.17) is 4.74 Å². The smallest absolute Gasteiger partial charge is 0.236 e. The molecule has 0 spiro atoms. The van der Waals surface area contributed by atoms with E-state index in [1.165, 1.54) is 0 Å². The van der Waals surface area contributed by atoms with E-state index in [0.717, 1.165) is 45.8 Å². The van der Waals surface area contributed by atoms with Crippen molar-refractivity contribution >= 4 is 5.91 Å². The predicted molar refractivity (Wildman–Crippen MR) is 68.1 cm³/mol. The second-order valence-corrected chi connectivity index (χ2v) is 4.48. The van der Waals surface area contributed by atoms with Crippen molar-refractivity contribution in [3.05, 3.63) is 0 Å². The number of carbonyl (C=O) groups excluding carboxylic acids is 1. The van der Waals surface area contributed by atoms with Gasteiger partial charge in [0, 0.05) is 39.3 Å². The predicted octanol–water partition coefficient (Wildman–Crippen LogP) is -0.223. The summed E-state index contributed by atoms with van der Waals surface area (Å²) in [5.74, 6) is 0.226. The number of nitrogens with one attached hydrogen (secondary N) is 1. The zero-order valence-corrected chi connectivity index (χ0v) is 11.1. The Morgan fingerprint density at radius 1 is 1.35 bits per heavy atom. The number of amides is 1. The first-order valence-electron chi connectivity index (χ1n) is 6.48. The molecule has 17 heavy (non-hydrogen) atoms. The van der Waals surface area contributed by atoms with Crippen LogP contribution in [-0.2, 0) is 9.53 Å². The molecule has 0 aliphatic carbocycles. The van der Waals surface area contributed by atoms with Crippen LogP contribution in [0.1, 0.15) is 13.3 Å². The van der Waals surface area contributed by atoms with Crippen LogP contribution >= 0.6 is 0 Å². The van der Waals surface area contributed by atoms with Crippen LogP contribution in [0.4, 0.5) is 0 Å². The van der Waals surface area contributed by atoms with E-state index in [9.17, 15) is 4.79 Å². The molecule has 1 aliphatic rings. The molecular weight excluding hydrogens is 218 g/mol. The first-order valence-corrected chi connectivity index (χ1v) is 6.48. The summed E-state index contributed by atoms with van der Waals surface area (Å²) in [6, 6.07) is 0. The maximum atomic E-state index is 11.9. The van der Waals surface area contributed by atoms with Crippen LogP contribution in [0.15, 0.2) is 0 Å². The van der Waals surface area contributed by atoms with Crippen LogP contribution in [-0.4, -0.2) is 75.2 Å². The van der Waals surface area contributed by atoms with E-state index < -0.39 is 0 Å². The minimum atomic E-state index is 0.226. The van der Waals surface area contributed by atoms with E-state index in [1.807, 2.05) is 16.8 Å². The Morgan fingerprint density at radius 2 is 2.06 bits per heavy atom. The van der Waals surface area contributed by atoms with Crippen LogP contribution in [0.3, 0.4) is 0 Å². The Balaban J connectivity index is 2.11. The fourth-order valence-corrected chi connectivity index (χ4v) is 1.79. The number of carbonyl (C=O) groups is 1. The highest BCUT2D eigenvalue weighted by Gasteiger charge is 2.17. The molecule has 0 aromatic rings. The maximum absolute atomic E-state index is 11.9. The number of ether oxygens (including phenoxy) is 1. The van der Waals surface area contributed by atoms with Gasteiger partial charge in [-0.3, -0.25) is 9.69 Å². The minimum absolute atomic E-state index is 0.226. The summed E-state index contributed by atoms with van der Waals surface area (Å²) in [7, 11) is 1.97. The van der Waals surface area contributed by atoms with Crippen LogP contribution in [0.2, 0.25) is 0 Å². The molecule has 1 saturated heterocycles. The first-order chi connectivity index (χ1) is 8.24. The van der Waals surface area contributed by atoms with Gasteiger partial charge in [-0.15, -0.1) is 0 Å². The molecule has 5 heteroatoms. The Bertz CT molecular complexity index is 218. The van der Waals surface area contributed by atoms with Gasteiger partial charge in [-0.1, -0.05) is 6.92 Å². The van der Waals surface area contributed by atoms with Crippen molar-refractivity contribution in [2.75, 3.05) is 59.5 Å². The Hall–Kier alpha value is -0.650. The molecule has 1 fully saturated rings. The molecule has 0 radical (unpaired) electrons. The normalized spacial score (nSPS) is 16.5. The average molecular weight is 243 g/mol. The van der Waals surface area contributed by atoms with Crippen LogP contribution in [0.5, 0.6) is 0 Å². The topological polar surface area (TPSA) is 44.8 Å². The zero-order valence-electron chi connectivity index (χ0n) is 11.1. The number of likely N-dealkylation sites (N-methyl/N-ethyl adjacent to an activating group) is 1. The quantitative estimate of drug-likeness (QED) is 0.628. The van der Waals surface area contributed by atoms with Gasteiger partial charge in [0.05, 0.1) is 13.2 Å². The Labute approximate surface area is 104 Å². The van der Waals surface area contributed by atoms with Crippen molar-refractivity contribution in [3.8, 4) is 0 Å². The zero-order chi connectivity index (χ0) is 12.5. The molecule has 0 saturated carbocycles. The molecule has 0 aromatic heterocycles. The van der Waals surface area contributed by atoms with E-state index in [1.54, 1.807) is 0 Å². The van der Waals surface area contributed by atoms with Gasteiger partial charge < -0.3 is 15.0 Å². The van der Waals surface area contributed by atoms with Crippen LogP contribution < -0.4 is 5.32 Å². The summed E-state index contributed by atoms with van der Waals surface area (Å²) in [5.41, 5.74) is 0. The summed E-state index contributed by atoms with van der Waals surface area (Å²) in [4.78, 5) is 15.9. The van der Waals surface area contributed by atoms with Crippen LogP contribution in [0.25, 0.3) is 0 Å². The summed E-state index contributed by atoms with van der Waals surface area (Å²) < 4.78 is 5.40. The van der Waals surface area contributed by atoms with E-state index in [0.29, 0.717) is 13.2 Å². The second-order valence-electron chi connectivity index (χ2n) is 4.48. The highest BCUT2D eigenvalue weighted by atomic mass is 16.5. The molecule has 5 nitrogen and oxygen atoms in total. The van der Waals surface area contributed by atoms with Gasteiger partial charge in [-0.25, -0.2) is 0 Å². The molecule has 100 valence electrons. The monoisotopic (exact) mass is 243 g/mol. The average Bonchev–Trinajstić information content (AvgIpc) is 2.36. The van der Waals surface area contributed by atoms with Crippen molar-refractivity contribution < 1.29 is 9.53 Å². The molecule has 1 rings (SSSR count). The Morgan fingerprint density at radius 3 is 2.71 bits per heavy atom. The summed E-state index contributed by atoms with van der Waals surface area (Å²) in [5, 5.41) is 3.24. The fourth-order valence-electron chi connectivity index (χ4n) is 1.79. The molecule has 0 unspecified atom stereocenters. The standard InChI is InChI=1S/C12H25N3O2/c1-3-9-17-10-8-14(2)11-12(16)15-6-4-13-5-7-15/h13H,3-11H2,1-2H3. The summed E-state index contributed by atoms with van der Waals surface area (Å²) >= 11 is 0. The largest absolute Gasteiger partial charge is 0.380 e. The fraction of sp³-hybridized carbons (Fsp3) is 0.917. The van der Waals surface area contributed by atoms with Gasteiger partial charge in [0.1, 0.15) is 0 Å². The summed E-state index contributed by atoms with van der Waals surface area (Å²) in [6.45, 7) is 8.41. The highest BCUT2D eigenvalue weighted by Crippen LogP contribution is 1.95. The minimum Gasteiger partial charge on any atom is -0.380 e. The van der Waals surface area contributed by atoms with Gasteiger partial charge in [-0.05, 0) is 13.5 Å². The lowest BCUT2D eigenvalue weighted by atomic mass is 10.3. The maximum Gasteiger partial charge on any atom is 0.236 e. The van der Waals surface area contributed by atoms with Crippen molar-refractivity contribution in [2.24, 2.45) is 0 Å². The third kappa shape index (κ3) is 6.00. The molecule has 1 aliphatic heterocycles. The van der Waals surface area contributed by atoms with Gasteiger partial charge in [0.2, 0.25) is 5.91 Å². The number of rotatable bonds is 7. The molecule has 0 bridgehead atoms. The molecule has 0 aromatic carbocycles. The van der Waals surface area contributed by atoms with Gasteiger partial charge in [0.25, 0.3) is 0 Å². The molecule has 1 N–H and O–H groups in total. The van der Waals surface area contributed by atoms with Crippen molar-refractivity contribution in [3.63, 3.8) is 0 Å². The third-order valence-corrected chi connectivity index (χ3v) is 2.84. The lowest BCUT2D eigenvalue weighted by Gasteiger charge is -2.29. The number of hydrogen-bond donors (Lipinski definition) is 1. The number of piperazine rings is 1. The van der Waals surface area contributed by atoms with Crippen molar-refractivity contribution in [1.29, 1.82) is 0 Å². The van der Waals surface area contributed by atoms with Gasteiger partial charge in [-0.2, -0.15) is 0 Å². The highest BCUT2D eigenvalue weighted by molar-refractivity contribution is 5.78. The van der Waals surface area contributed by atoms with E-state index in [-0.39, 0.29) is 5.91 Å². The first kappa shape index (κ1) is 14.4. The van der Waals surface area contributed by atoms with E-state index >= 15 is 0 Å². The lowest BCUT2D eigenvalue weighted by molar-refractivity contribution is -0.132. The van der Waals surface area contributed by atoms with Crippen molar-refractivity contribution in [2.45, 2.75) is 13.3 Å². The second kappa shape index (κ2) is 8.44. The van der Waals surface area contributed by atoms with Gasteiger partial charge in [0.15, 0.2) is 0 Å². The van der Waals surface area contributed by atoms with Gasteiger partial charge >= 0.3 is 0 Å². The molecular formula is C12H25N3O2. The molecule has 1 heterocycles. The molecule has 0 atom stereocenters. The van der Waals surface area contributed by atoms with Crippen LogP contribution in [0, 0.1) is 0 Å². The number of hydrogen-bond acceptors (Lipinski definition) is 4. The van der Waals surface area contributed by atoms with E-state index in [2.05, 4.69) is 12.2 Å². The third-order valence-electron chi connectivity index (χ3n) is 2.84. The summed E-state index contributed by atoms with van der Waals surface area (Å²) in [6.07, 6.45) is 1.05. The SMILES string of the molecule is CCCOCCN(C)CC(=O)N1CCNCC1. The lowest BCUT2D eigenvalue weighted by Crippen LogP contribution is -2.49. The van der Waals surface area contributed by atoms with Crippen molar-refractivity contribution in [1.82, 2.24) is 15.1 Å². The number of nitrogens with zero attached hydrogens (tertiary/aromatic N) is 2. The Kier molecular flexibility index (Phi) is 7.16.